The molecule has 2 atom stereocenters. The van der Waals surface area contributed by atoms with Crippen molar-refractivity contribution in [1.82, 2.24) is 39.2 Å². The molecule has 16 heteroatoms. The van der Waals surface area contributed by atoms with Crippen molar-refractivity contribution in [3.05, 3.63) is 90.3 Å². The number of urea groups is 1. The zero-order chi connectivity index (χ0) is 39.3. The van der Waals surface area contributed by atoms with Crippen LogP contribution in [0.4, 0.5) is 16.3 Å². The Labute approximate surface area is 327 Å². The van der Waals surface area contributed by atoms with Gasteiger partial charge in [-0.15, -0.1) is 0 Å². The van der Waals surface area contributed by atoms with Gasteiger partial charge in [0.2, 0.25) is 5.88 Å². The van der Waals surface area contributed by atoms with E-state index < -0.39 is 16.8 Å². The van der Waals surface area contributed by atoms with Gasteiger partial charge in [-0.05, 0) is 50.8 Å². The molecule has 1 aliphatic heterocycles. The van der Waals surface area contributed by atoms with Crippen LogP contribution in [0.3, 0.4) is 0 Å². The van der Waals surface area contributed by atoms with Crippen LogP contribution in [0.2, 0.25) is 10.0 Å². The molecule has 2 aromatic carbocycles. The molecule has 1 saturated heterocycles. The summed E-state index contributed by atoms with van der Waals surface area (Å²) in [5, 5.41) is 16.6. The Kier molecular flexibility index (Phi) is 10.4. The van der Waals surface area contributed by atoms with Gasteiger partial charge in [-0.3, -0.25) is 18.8 Å². The normalized spacial score (nSPS) is 18.1. The summed E-state index contributed by atoms with van der Waals surface area (Å²) in [5.41, 5.74) is 4.15. The lowest BCUT2D eigenvalue weighted by Gasteiger charge is -2.31. The summed E-state index contributed by atoms with van der Waals surface area (Å²) in [6.45, 7) is 5.40. The zero-order valence-corrected chi connectivity index (χ0v) is 33.0. The second-order valence-corrected chi connectivity index (χ2v) is 15.2. The number of aromatic nitrogens is 5. The first-order chi connectivity index (χ1) is 26.2. The highest BCUT2D eigenvalue weighted by Gasteiger charge is 2.42. The predicted molar refractivity (Wildman–Crippen MR) is 214 cm³/mol. The largest absolute Gasteiger partial charge is 0.481 e. The molecule has 0 radical (unpaired) electrons. The summed E-state index contributed by atoms with van der Waals surface area (Å²) >= 11 is 14.3. The second-order valence-electron chi connectivity index (χ2n) is 14.5. The molecule has 55 heavy (non-hydrogen) atoms. The van der Waals surface area contributed by atoms with Crippen molar-refractivity contribution in [2.75, 3.05) is 45.7 Å². The number of halogens is 2. The smallest absolute Gasteiger partial charge is 0.332 e. The molecule has 0 unspecified atom stereocenters. The van der Waals surface area contributed by atoms with Crippen LogP contribution in [0.1, 0.15) is 42.8 Å². The molecule has 7 rings (SSSR count). The first kappa shape index (κ1) is 38.3. The third-order valence-corrected chi connectivity index (χ3v) is 11.5. The number of benzene rings is 2. The van der Waals surface area contributed by atoms with Gasteiger partial charge in [0.15, 0.2) is 5.65 Å². The Bertz CT molecular complexity index is 2470. The van der Waals surface area contributed by atoms with Gasteiger partial charge in [0.05, 0.1) is 40.7 Å². The molecule has 14 nitrogen and oxygen atoms in total. The molecule has 1 fully saturated rings. The average Bonchev–Trinajstić information content (AvgIpc) is 3.77. The number of methoxy groups -OCH3 is 1. The Balaban J connectivity index is 1.19. The number of aliphatic hydroxyl groups excluding tert-OH is 1. The van der Waals surface area contributed by atoms with E-state index in [1.165, 1.54) is 16.5 Å². The fourth-order valence-electron chi connectivity index (χ4n) is 7.77. The average molecular weight is 789 g/mol. The van der Waals surface area contributed by atoms with Gasteiger partial charge in [0, 0.05) is 69.1 Å². The summed E-state index contributed by atoms with van der Waals surface area (Å²) in [4.78, 5) is 56.4. The topological polar surface area (TPSA) is 160 Å². The first-order valence-corrected chi connectivity index (χ1v) is 18.8. The van der Waals surface area contributed by atoms with Crippen molar-refractivity contribution in [2.24, 2.45) is 14.1 Å². The maximum atomic E-state index is 13.3. The van der Waals surface area contributed by atoms with Gasteiger partial charge in [-0.2, -0.15) is 0 Å². The number of ether oxygens (including phenoxy) is 1. The second kappa shape index (κ2) is 14.9. The van der Waals surface area contributed by atoms with Crippen LogP contribution in [-0.4, -0.2) is 91.0 Å². The summed E-state index contributed by atoms with van der Waals surface area (Å²) < 4.78 is 8.27. The molecular weight excluding hydrogens is 745 g/mol. The van der Waals surface area contributed by atoms with Gasteiger partial charge in [0.25, 0.3) is 5.56 Å². The van der Waals surface area contributed by atoms with Crippen molar-refractivity contribution in [3.63, 3.8) is 0 Å². The van der Waals surface area contributed by atoms with Crippen LogP contribution < -0.4 is 26.6 Å². The number of nitrogens with one attached hydrogen (secondary N) is 2. The number of aryl methyl sites for hydroxylation is 3. The van der Waals surface area contributed by atoms with Crippen LogP contribution in [-0.2, 0) is 20.5 Å². The number of pyridine rings is 1. The van der Waals surface area contributed by atoms with E-state index in [9.17, 15) is 19.5 Å². The van der Waals surface area contributed by atoms with Crippen molar-refractivity contribution in [1.29, 1.82) is 0 Å². The lowest BCUT2D eigenvalue weighted by Crippen LogP contribution is -2.52. The number of carbonyl (C=O) groups is 1. The van der Waals surface area contributed by atoms with Crippen molar-refractivity contribution in [3.8, 4) is 28.3 Å². The van der Waals surface area contributed by atoms with Gasteiger partial charge in [-0.1, -0.05) is 53.5 Å². The monoisotopic (exact) mass is 787 g/mol. The fourth-order valence-corrected chi connectivity index (χ4v) is 8.37. The van der Waals surface area contributed by atoms with E-state index in [2.05, 4.69) is 38.5 Å². The molecular formula is C39H43Cl2N9O5. The Morgan fingerprint density at radius 1 is 1.05 bits per heavy atom. The lowest BCUT2D eigenvalue weighted by atomic mass is 9.99. The van der Waals surface area contributed by atoms with E-state index in [0.717, 1.165) is 41.5 Å². The quantitative estimate of drug-likeness (QED) is 0.181. The standard InChI is InChI=1S/C39H43Cl2N9O5/c1-21-42-33(30-34(43-21)48(4)38(54)49(5)36(30)52)44-26-12-8-10-24(32(26)41)23-9-7-11-25(31(23)40)27-19-22-13-14-28(29(22)35(45-27)55-6)50-16-15-39(2,20-50)46-37(53)47(3)17-18-51/h7-12,19,28,51H,13-18,20H2,1-6H3,(H,46,53)(H,42,43,44)/t28-,39+/m1/s1. The van der Waals surface area contributed by atoms with Gasteiger partial charge < -0.3 is 25.4 Å². The molecule has 3 aromatic heterocycles. The number of nitrogens with zero attached hydrogens (tertiary/aromatic N) is 7. The lowest BCUT2D eigenvalue weighted by molar-refractivity contribution is 0.174. The van der Waals surface area contributed by atoms with E-state index in [0.29, 0.717) is 56.4 Å². The van der Waals surface area contributed by atoms with Crippen LogP contribution in [0.5, 0.6) is 5.88 Å². The maximum Gasteiger partial charge on any atom is 0.332 e. The van der Waals surface area contributed by atoms with Crippen molar-refractivity contribution in [2.45, 2.75) is 44.7 Å². The van der Waals surface area contributed by atoms with Crippen LogP contribution in [0, 0.1) is 6.92 Å². The van der Waals surface area contributed by atoms with Crippen LogP contribution in [0.15, 0.2) is 52.1 Å². The summed E-state index contributed by atoms with van der Waals surface area (Å²) in [6.07, 6.45) is 2.51. The molecule has 0 bridgehead atoms. The number of hydrogen-bond acceptors (Lipinski definition) is 10. The number of anilines is 2. The van der Waals surface area contributed by atoms with E-state index >= 15 is 0 Å². The van der Waals surface area contributed by atoms with Gasteiger partial charge >= 0.3 is 11.7 Å². The van der Waals surface area contributed by atoms with E-state index in [4.69, 9.17) is 32.9 Å². The molecule has 3 N–H and O–H groups in total. The summed E-state index contributed by atoms with van der Waals surface area (Å²) in [5.74, 6) is 1.13. The van der Waals surface area contributed by atoms with E-state index in [1.807, 2.05) is 30.3 Å². The number of likely N-dealkylation sites (tertiary alicyclic amines) is 1. The van der Waals surface area contributed by atoms with Gasteiger partial charge in [-0.25, -0.2) is 24.5 Å². The SMILES string of the molecule is COc1nc(-c2cccc(-c3cccc(Nc4nc(C)nc5c4c(=O)n(C)c(=O)n5C)c3Cl)c2Cl)cc2c1[C@H](N1CC[C@](C)(NC(=O)N(C)CCO)C1)CC2. The van der Waals surface area contributed by atoms with E-state index in [-0.39, 0.29) is 42.1 Å². The van der Waals surface area contributed by atoms with Crippen molar-refractivity contribution >= 4 is 51.8 Å². The first-order valence-electron chi connectivity index (χ1n) is 18.0. The molecule has 2 amide bonds. The number of rotatable bonds is 9. The minimum atomic E-state index is -0.530. The highest BCUT2D eigenvalue weighted by atomic mass is 35.5. The Morgan fingerprint density at radius 2 is 1.76 bits per heavy atom. The number of amides is 2. The van der Waals surface area contributed by atoms with Crippen LogP contribution >= 0.6 is 23.2 Å². The highest BCUT2D eigenvalue weighted by molar-refractivity contribution is 6.39. The van der Waals surface area contributed by atoms with Crippen molar-refractivity contribution < 1.29 is 14.6 Å². The molecule has 2 aliphatic rings. The minimum Gasteiger partial charge on any atom is -0.481 e. The molecule has 5 aromatic rings. The number of likely N-dealkylation sites (N-methyl/N-ethyl adjacent to an activating group) is 1. The minimum absolute atomic E-state index is 0.0807. The molecule has 0 saturated carbocycles. The molecule has 0 spiro atoms. The molecule has 288 valence electrons. The van der Waals surface area contributed by atoms with E-state index in [1.54, 1.807) is 34.2 Å². The fraction of sp³-hybridized carbons (Fsp3) is 0.385. The third kappa shape index (κ3) is 6.92. The predicted octanol–water partition coefficient (Wildman–Crippen LogP) is 5.21. The molecule has 4 heterocycles. The number of hydrogen-bond donors (Lipinski definition) is 3. The highest BCUT2D eigenvalue weighted by Crippen LogP contribution is 2.47. The third-order valence-electron chi connectivity index (χ3n) is 10.7. The zero-order valence-electron chi connectivity index (χ0n) is 31.5. The Morgan fingerprint density at radius 3 is 2.49 bits per heavy atom. The summed E-state index contributed by atoms with van der Waals surface area (Å²) in [6, 6.07) is 13.1. The van der Waals surface area contributed by atoms with Gasteiger partial charge in [0.1, 0.15) is 17.0 Å². The summed E-state index contributed by atoms with van der Waals surface area (Å²) in [7, 11) is 6.27. The molecule has 1 aliphatic carbocycles. The maximum absolute atomic E-state index is 13.3. The van der Waals surface area contributed by atoms with Crippen LogP contribution in [0.25, 0.3) is 33.4 Å². The number of aliphatic hydroxyl groups is 1. The number of fused-ring (bicyclic) bond motifs is 2. The Hall–Kier alpha value is -5.02. The number of carbonyl (C=O) groups excluding carboxylic acids is 1.